The van der Waals surface area contributed by atoms with E-state index in [-0.39, 0.29) is 22.5 Å². The van der Waals surface area contributed by atoms with Gasteiger partial charge in [0, 0.05) is 17.4 Å². The molecule has 0 bridgehead atoms. The zero-order valence-corrected chi connectivity index (χ0v) is 14.9. The first-order valence-electron chi connectivity index (χ1n) is 7.45. The van der Waals surface area contributed by atoms with Crippen LogP contribution in [0.2, 0.25) is 5.02 Å². The molecular weight excluding hydrogens is 348 g/mol. The van der Waals surface area contributed by atoms with Gasteiger partial charge in [-0.15, -0.1) is 0 Å². The number of rotatable bonds is 3. The summed E-state index contributed by atoms with van der Waals surface area (Å²) in [5.74, 6) is -0.241. The van der Waals surface area contributed by atoms with Crippen LogP contribution in [0.4, 0.5) is 11.4 Å². The molecule has 1 atom stereocenters. The third-order valence-corrected chi connectivity index (χ3v) is 4.86. The molecule has 0 spiro atoms. The van der Waals surface area contributed by atoms with Crippen LogP contribution < -0.4 is 9.62 Å². The zero-order chi connectivity index (χ0) is 17.5. The molecule has 3 rings (SSSR count). The minimum Gasteiger partial charge on any atom is -0.305 e. The number of halogens is 1. The molecule has 1 heterocycles. The summed E-state index contributed by atoms with van der Waals surface area (Å²) in [4.78, 5) is 14.7. The number of hydrogen-bond acceptors (Lipinski definition) is 3. The van der Waals surface area contributed by atoms with Crippen molar-refractivity contribution in [2.75, 3.05) is 15.9 Å². The Balaban J connectivity index is 2.00. The summed E-state index contributed by atoms with van der Waals surface area (Å²) in [7, 11) is -3.43. The van der Waals surface area contributed by atoms with Crippen molar-refractivity contribution >= 4 is 38.9 Å². The molecule has 126 valence electrons. The third kappa shape index (κ3) is 3.25. The lowest BCUT2D eigenvalue weighted by molar-refractivity contribution is 0.0981. The van der Waals surface area contributed by atoms with Gasteiger partial charge in [-0.3, -0.25) is 9.52 Å². The Kier molecular flexibility index (Phi) is 4.27. The Labute approximate surface area is 146 Å². The molecule has 0 saturated carbocycles. The van der Waals surface area contributed by atoms with Crippen molar-refractivity contribution in [2.45, 2.75) is 19.4 Å². The van der Waals surface area contributed by atoms with E-state index in [1.54, 1.807) is 4.90 Å². The first-order valence-corrected chi connectivity index (χ1v) is 9.72. The van der Waals surface area contributed by atoms with Crippen molar-refractivity contribution in [3.8, 4) is 0 Å². The molecule has 1 amide bonds. The smallest absolute Gasteiger partial charge is 0.260 e. The van der Waals surface area contributed by atoms with Crippen LogP contribution in [0.5, 0.6) is 0 Å². The molecule has 5 nitrogen and oxygen atoms in total. The maximum absolute atomic E-state index is 13.0. The van der Waals surface area contributed by atoms with Crippen molar-refractivity contribution in [2.24, 2.45) is 0 Å². The molecule has 0 aromatic heterocycles. The lowest BCUT2D eigenvalue weighted by atomic mass is 10.1. The Morgan fingerprint density at radius 2 is 1.96 bits per heavy atom. The normalized spacial score (nSPS) is 16.8. The number of sulfonamides is 1. The molecular formula is C17H17ClN2O3S. The van der Waals surface area contributed by atoms with Crippen molar-refractivity contribution < 1.29 is 13.2 Å². The Hall–Kier alpha value is -2.05. The molecule has 2 aromatic rings. The highest BCUT2D eigenvalue weighted by Gasteiger charge is 2.32. The highest BCUT2D eigenvalue weighted by Crippen LogP contribution is 2.34. The summed E-state index contributed by atoms with van der Waals surface area (Å²) in [5.41, 5.74) is 2.56. The van der Waals surface area contributed by atoms with Crippen LogP contribution in [-0.2, 0) is 16.4 Å². The van der Waals surface area contributed by atoms with E-state index in [1.807, 2.05) is 31.2 Å². The molecule has 0 radical (unpaired) electrons. The molecule has 1 aliphatic rings. The Morgan fingerprint density at radius 3 is 2.67 bits per heavy atom. The SMILES string of the molecule is C[C@@H]1Cc2ccccc2N1C(=O)c1cc(NS(C)(=O)=O)ccc1Cl. The van der Waals surface area contributed by atoms with Crippen molar-refractivity contribution in [3.05, 3.63) is 58.6 Å². The predicted octanol–water partition coefficient (Wildman–Crippen LogP) is 3.30. The van der Waals surface area contributed by atoms with E-state index in [9.17, 15) is 13.2 Å². The molecule has 0 aliphatic carbocycles. The predicted molar refractivity (Wildman–Crippen MR) is 96.3 cm³/mol. The molecule has 1 aliphatic heterocycles. The quantitative estimate of drug-likeness (QED) is 0.908. The molecule has 2 aromatic carbocycles. The van der Waals surface area contributed by atoms with Crippen LogP contribution in [0, 0.1) is 0 Å². The van der Waals surface area contributed by atoms with Crippen LogP contribution in [0.15, 0.2) is 42.5 Å². The topological polar surface area (TPSA) is 66.5 Å². The average molecular weight is 365 g/mol. The highest BCUT2D eigenvalue weighted by molar-refractivity contribution is 7.92. The van der Waals surface area contributed by atoms with Gasteiger partial charge in [-0.2, -0.15) is 0 Å². The van der Waals surface area contributed by atoms with Crippen LogP contribution in [0.1, 0.15) is 22.8 Å². The van der Waals surface area contributed by atoms with Gasteiger partial charge >= 0.3 is 0 Å². The molecule has 0 fully saturated rings. The fraction of sp³-hybridized carbons (Fsp3) is 0.235. The van der Waals surface area contributed by atoms with Gasteiger partial charge in [0.05, 0.1) is 16.8 Å². The van der Waals surface area contributed by atoms with Crippen LogP contribution in [0.3, 0.4) is 0 Å². The first-order chi connectivity index (χ1) is 11.3. The lowest BCUT2D eigenvalue weighted by Gasteiger charge is -2.23. The zero-order valence-electron chi connectivity index (χ0n) is 13.3. The van der Waals surface area contributed by atoms with E-state index in [1.165, 1.54) is 18.2 Å². The number of carbonyl (C=O) groups is 1. The summed E-state index contributed by atoms with van der Waals surface area (Å²) in [5, 5.41) is 0.288. The van der Waals surface area contributed by atoms with Crippen LogP contribution >= 0.6 is 11.6 Å². The molecule has 0 saturated heterocycles. The van der Waals surface area contributed by atoms with Crippen molar-refractivity contribution in [1.29, 1.82) is 0 Å². The summed E-state index contributed by atoms with van der Waals surface area (Å²) in [6, 6.07) is 12.3. The fourth-order valence-corrected chi connectivity index (χ4v) is 3.73. The number of benzene rings is 2. The number of fused-ring (bicyclic) bond motifs is 1. The van der Waals surface area contributed by atoms with E-state index in [0.29, 0.717) is 5.69 Å². The molecule has 0 unspecified atom stereocenters. The van der Waals surface area contributed by atoms with Gasteiger partial charge in [-0.1, -0.05) is 29.8 Å². The number of carbonyl (C=O) groups excluding carboxylic acids is 1. The summed E-state index contributed by atoms with van der Waals surface area (Å²) in [6.45, 7) is 1.98. The number of para-hydroxylation sites is 1. The van der Waals surface area contributed by atoms with E-state index in [0.717, 1.165) is 23.9 Å². The highest BCUT2D eigenvalue weighted by atomic mass is 35.5. The maximum atomic E-state index is 13.0. The van der Waals surface area contributed by atoms with Gasteiger partial charge in [-0.05, 0) is 43.2 Å². The Bertz CT molecular complexity index is 912. The second-order valence-corrected chi connectivity index (χ2v) is 8.08. The molecule has 1 N–H and O–H groups in total. The number of nitrogens with zero attached hydrogens (tertiary/aromatic N) is 1. The standard InChI is InChI=1S/C17H17ClN2O3S/c1-11-9-12-5-3-4-6-16(12)20(11)17(21)14-10-13(7-8-15(14)18)19-24(2,22)23/h3-8,10-11,19H,9H2,1-2H3/t11-/m1/s1. The summed E-state index contributed by atoms with van der Waals surface area (Å²) >= 11 is 6.19. The monoisotopic (exact) mass is 364 g/mol. The number of amides is 1. The molecule has 24 heavy (non-hydrogen) atoms. The summed E-state index contributed by atoms with van der Waals surface area (Å²) in [6.07, 6.45) is 1.84. The largest absolute Gasteiger partial charge is 0.305 e. The van der Waals surface area contributed by atoms with Crippen LogP contribution in [-0.4, -0.2) is 26.6 Å². The number of anilines is 2. The fourth-order valence-electron chi connectivity index (χ4n) is 2.97. The van der Waals surface area contributed by atoms with Gasteiger partial charge < -0.3 is 4.90 Å². The summed E-state index contributed by atoms with van der Waals surface area (Å²) < 4.78 is 25.2. The minimum atomic E-state index is -3.43. The van der Waals surface area contributed by atoms with Gasteiger partial charge in [0.15, 0.2) is 0 Å². The second-order valence-electron chi connectivity index (χ2n) is 5.93. The van der Waals surface area contributed by atoms with E-state index < -0.39 is 10.0 Å². The van der Waals surface area contributed by atoms with E-state index in [4.69, 9.17) is 11.6 Å². The van der Waals surface area contributed by atoms with E-state index in [2.05, 4.69) is 4.72 Å². The van der Waals surface area contributed by atoms with E-state index >= 15 is 0 Å². The third-order valence-electron chi connectivity index (χ3n) is 3.93. The number of hydrogen-bond donors (Lipinski definition) is 1. The lowest BCUT2D eigenvalue weighted by Crippen LogP contribution is -2.35. The average Bonchev–Trinajstić information content (AvgIpc) is 2.83. The van der Waals surface area contributed by atoms with Crippen LogP contribution in [0.25, 0.3) is 0 Å². The minimum absolute atomic E-state index is 0.0116. The van der Waals surface area contributed by atoms with Gasteiger partial charge in [0.2, 0.25) is 10.0 Å². The van der Waals surface area contributed by atoms with Gasteiger partial charge in [-0.25, -0.2) is 8.42 Å². The van der Waals surface area contributed by atoms with Crippen molar-refractivity contribution in [3.63, 3.8) is 0 Å². The van der Waals surface area contributed by atoms with Crippen molar-refractivity contribution in [1.82, 2.24) is 0 Å². The second kappa shape index (κ2) is 6.11. The van der Waals surface area contributed by atoms with Gasteiger partial charge in [0.1, 0.15) is 0 Å². The maximum Gasteiger partial charge on any atom is 0.260 e. The Morgan fingerprint density at radius 1 is 1.25 bits per heavy atom. The van der Waals surface area contributed by atoms with Gasteiger partial charge in [0.25, 0.3) is 5.91 Å². The molecule has 7 heteroatoms. The first kappa shape index (κ1) is 16.8. The number of nitrogens with one attached hydrogen (secondary N) is 1.